The van der Waals surface area contributed by atoms with Gasteiger partial charge in [0.05, 0.1) is 38.4 Å². The Morgan fingerprint density at radius 3 is 2.31 bits per heavy atom. The Bertz CT molecular complexity index is 1570. The Labute approximate surface area is 258 Å². The number of nitrogens with one attached hydrogen (secondary N) is 1. The summed E-state index contributed by atoms with van der Waals surface area (Å²) in [5.74, 6) is 0.506. The van der Waals surface area contributed by atoms with Crippen LogP contribution in [-0.4, -0.2) is 23.8 Å². The van der Waals surface area contributed by atoms with Crippen molar-refractivity contribution in [2.45, 2.75) is 20.5 Å². The molecule has 4 aromatic rings. The summed E-state index contributed by atoms with van der Waals surface area (Å²) in [6.45, 7) is 4.24. The van der Waals surface area contributed by atoms with Gasteiger partial charge in [-0.05, 0) is 99.8 Å². The standard InChI is InChI=1S/C28H22Br2Cl3N3O3/c1-15-4-5-16(2)36(15)19-7-9-21(31)20(12-19)28(37)35-34-13-18-11-24(38-3)27(26(30)25(18)29)39-14-17-6-8-22(32)23(33)10-17/h4-13H,14H2,1-3H3,(H,35,37). The minimum Gasteiger partial charge on any atom is -0.493 e. The molecule has 0 saturated carbocycles. The lowest BCUT2D eigenvalue weighted by atomic mass is 10.2. The topological polar surface area (TPSA) is 64.8 Å². The lowest BCUT2D eigenvalue weighted by molar-refractivity contribution is 0.0955. The van der Waals surface area contributed by atoms with E-state index in [0.717, 1.165) is 22.6 Å². The van der Waals surface area contributed by atoms with E-state index in [1.165, 1.54) is 13.3 Å². The number of rotatable bonds is 8. The van der Waals surface area contributed by atoms with E-state index in [1.807, 2.05) is 42.7 Å². The Morgan fingerprint density at radius 1 is 0.949 bits per heavy atom. The predicted molar refractivity (Wildman–Crippen MR) is 165 cm³/mol. The van der Waals surface area contributed by atoms with Crippen molar-refractivity contribution in [1.82, 2.24) is 9.99 Å². The number of nitrogens with zero attached hydrogens (tertiary/aromatic N) is 2. The van der Waals surface area contributed by atoms with Gasteiger partial charge in [0, 0.05) is 27.1 Å². The summed E-state index contributed by atoms with van der Waals surface area (Å²) >= 11 is 25.6. The average Bonchev–Trinajstić information content (AvgIpc) is 3.25. The third-order valence-electron chi connectivity index (χ3n) is 5.84. The average molecular weight is 715 g/mol. The number of aromatic nitrogens is 1. The summed E-state index contributed by atoms with van der Waals surface area (Å²) in [5, 5.41) is 5.38. The molecule has 6 nitrogen and oxygen atoms in total. The van der Waals surface area contributed by atoms with Gasteiger partial charge in [0.2, 0.25) is 0 Å². The first-order valence-electron chi connectivity index (χ1n) is 11.5. The number of hydrazone groups is 1. The molecule has 0 fully saturated rings. The van der Waals surface area contributed by atoms with Crippen molar-refractivity contribution in [3.63, 3.8) is 0 Å². The fourth-order valence-corrected chi connectivity index (χ4v) is 5.35. The van der Waals surface area contributed by atoms with E-state index in [9.17, 15) is 4.79 Å². The quantitative estimate of drug-likeness (QED) is 0.147. The van der Waals surface area contributed by atoms with Crippen LogP contribution >= 0.6 is 66.7 Å². The van der Waals surface area contributed by atoms with Crippen LogP contribution in [0.15, 0.2) is 68.6 Å². The van der Waals surface area contributed by atoms with Crippen LogP contribution in [0.3, 0.4) is 0 Å². The van der Waals surface area contributed by atoms with E-state index in [-0.39, 0.29) is 6.61 Å². The van der Waals surface area contributed by atoms with Crippen molar-refractivity contribution >= 4 is 78.8 Å². The fraction of sp³-hybridized carbons (Fsp3) is 0.143. The molecule has 11 heteroatoms. The summed E-state index contributed by atoms with van der Waals surface area (Å²) < 4.78 is 14.9. The molecule has 202 valence electrons. The fourth-order valence-electron chi connectivity index (χ4n) is 3.89. The second kappa shape index (κ2) is 12.8. The molecule has 0 saturated heterocycles. The van der Waals surface area contributed by atoms with Crippen molar-refractivity contribution in [2.75, 3.05) is 7.11 Å². The third-order valence-corrected chi connectivity index (χ3v) is 9.05. The number of benzene rings is 3. The zero-order chi connectivity index (χ0) is 28.3. The second-order valence-corrected chi connectivity index (χ2v) is 11.3. The zero-order valence-corrected chi connectivity index (χ0v) is 26.4. The highest BCUT2D eigenvalue weighted by Gasteiger charge is 2.18. The van der Waals surface area contributed by atoms with Gasteiger partial charge in [-0.25, -0.2) is 5.43 Å². The van der Waals surface area contributed by atoms with Crippen LogP contribution in [0.5, 0.6) is 11.5 Å². The van der Waals surface area contributed by atoms with E-state index in [1.54, 1.807) is 30.3 Å². The number of aryl methyl sites for hydroxylation is 2. The molecular formula is C28H22Br2Cl3N3O3. The van der Waals surface area contributed by atoms with Gasteiger partial charge in [-0.2, -0.15) is 5.10 Å². The number of carbonyl (C=O) groups excluding carboxylic acids is 1. The number of hydrogen-bond acceptors (Lipinski definition) is 4. The first-order valence-corrected chi connectivity index (χ1v) is 14.2. The number of ether oxygens (including phenoxy) is 2. The molecule has 4 rings (SSSR count). The molecule has 3 aromatic carbocycles. The molecule has 1 N–H and O–H groups in total. The lowest BCUT2D eigenvalue weighted by Crippen LogP contribution is -2.18. The second-order valence-electron chi connectivity index (χ2n) is 8.48. The minimum atomic E-state index is -0.440. The molecular weight excluding hydrogens is 692 g/mol. The molecule has 0 atom stereocenters. The SMILES string of the molecule is COc1cc(C=NNC(=O)c2cc(-n3c(C)ccc3C)ccc2Cl)c(Br)c(Br)c1OCc1ccc(Cl)c(Cl)c1. The number of halogens is 5. The largest absolute Gasteiger partial charge is 0.493 e. The predicted octanol–water partition coefficient (Wildman–Crippen LogP) is 8.93. The van der Waals surface area contributed by atoms with E-state index >= 15 is 0 Å². The van der Waals surface area contributed by atoms with Crippen molar-refractivity contribution in [1.29, 1.82) is 0 Å². The molecule has 0 aliphatic rings. The normalized spacial score (nSPS) is 11.2. The Morgan fingerprint density at radius 2 is 1.64 bits per heavy atom. The molecule has 1 heterocycles. The summed E-state index contributed by atoms with van der Waals surface area (Å²) in [5.41, 5.74) is 7.27. The van der Waals surface area contributed by atoms with Crippen molar-refractivity contribution in [3.05, 3.63) is 107 Å². The van der Waals surface area contributed by atoms with Gasteiger partial charge >= 0.3 is 0 Å². The van der Waals surface area contributed by atoms with Crippen molar-refractivity contribution in [2.24, 2.45) is 5.10 Å². The van der Waals surface area contributed by atoms with Crippen LogP contribution < -0.4 is 14.9 Å². The molecule has 0 spiro atoms. The maximum Gasteiger partial charge on any atom is 0.272 e. The first kappa shape index (κ1) is 29.5. The van der Waals surface area contributed by atoms with Gasteiger partial charge in [-0.3, -0.25) is 4.79 Å². The monoisotopic (exact) mass is 711 g/mol. The molecule has 0 aliphatic carbocycles. The van der Waals surface area contributed by atoms with E-state index < -0.39 is 5.91 Å². The highest BCUT2D eigenvalue weighted by atomic mass is 79.9. The van der Waals surface area contributed by atoms with Crippen molar-refractivity contribution < 1.29 is 14.3 Å². The smallest absolute Gasteiger partial charge is 0.272 e. The number of amides is 1. The van der Waals surface area contributed by atoms with Gasteiger partial charge in [-0.15, -0.1) is 0 Å². The van der Waals surface area contributed by atoms with E-state index in [0.29, 0.717) is 46.6 Å². The maximum atomic E-state index is 12.9. The van der Waals surface area contributed by atoms with E-state index in [2.05, 4.69) is 42.4 Å². The summed E-state index contributed by atoms with van der Waals surface area (Å²) in [4.78, 5) is 12.9. The molecule has 0 radical (unpaired) electrons. The third kappa shape index (κ3) is 6.64. The molecule has 0 unspecified atom stereocenters. The van der Waals surface area contributed by atoms with Crippen LogP contribution in [0.4, 0.5) is 0 Å². The highest BCUT2D eigenvalue weighted by molar-refractivity contribution is 9.13. The van der Waals surface area contributed by atoms with Crippen LogP contribution in [0.25, 0.3) is 5.69 Å². The first-order chi connectivity index (χ1) is 18.6. The van der Waals surface area contributed by atoms with E-state index in [4.69, 9.17) is 44.3 Å². The molecule has 0 aliphatic heterocycles. The molecule has 1 amide bonds. The zero-order valence-electron chi connectivity index (χ0n) is 21.0. The van der Waals surface area contributed by atoms with Gasteiger partial charge in [0.15, 0.2) is 11.5 Å². The van der Waals surface area contributed by atoms with Crippen molar-refractivity contribution in [3.8, 4) is 17.2 Å². The number of methoxy groups -OCH3 is 1. The number of hydrogen-bond donors (Lipinski definition) is 1. The molecule has 39 heavy (non-hydrogen) atoms. The summed E-state index contributed by atoms with van der Waals surface area (Å²) in [7, 11) is 1.54. The summed E-state index contributed by atoms with van der Waals surface area (Å²) in [6, 6.07) is 16.4. The summed E-state index contributed by atoms with van der Waals surface area (Å²) in [6.07, 6.45) is 1.50. The molecule has 1 aromatic heterocycles. The van der Waals surface area contributed by atoms with Gasteiger partial charge in [0.25, 0.3) is 5.91 Å². The lowest BCUT2D eigenvalue weighted by Gasteiger charge is -2.15. The number of carbonyl (C=O) groups is 1. The van der Waals surface area contributed by atoms with Gasteiger partial charge in [-0.1, -0.05) is 40.9 Å². The Balaban J connectivity index is 1.52. The van der Waals surface area contributed by atoms with Crippen LogP contribution in [0, 0.1) is 13.8 Å². The Kier molecular flexibility index (Phi) is 9.67. The van der Waals surface area contributed by atoms with Crippen LogP contribution in [-0.2, 0) is 6.61 Å². The molecule has 0 bridgehead atoms. The van der Waals surface area contributed by atoms with Crippen LogP contribution in [0.1, 0.15) is 32.9 Å². The maximum absolute atomic E-state index is 12.9. The highest BCUT2D eigenvalue weighted by Crippen LogP contribution is 2.42. The van der Waals surface area contributed by atoms with Gasteiger partial charge in [0.1, 0.15) is 6.61 Å². The van der Waals surface area contributed by atoms with Crippen LogP contribution in [0.2, 0.25) is 15.1 Å². The van der Waals surface area contributed by atoms with Gasteiger partial charge < -0.3 is 14.0 Å². The Hall–Kier alpha value is -2.49. The minimum absolute atomic E-state index is 0.240.